The van der Waals surface area contributed by atoms with Crippen molar-refractivity contribution in [2.24, 2.45) is 0 Å². The standard InChI is InChI=1S/C21H19NO3/c1-3-11-22-18(14-7-5-4-6-8-14)17-19(23)15-12-13(2)9-10-16(15)25-20(17)21(22)24/h4-10,12,18H,3,11H2,1-2H3/t18-/m0/s1. The Morgan fingerprint density at radius 3 is 2.56 bits per heavy atom. The molecule has 2 heterocycles. The van der Waals surface area contributed by atoms with Gasteiger partial charge in [0.15, 0.2) is 5.43 Å². The van der Waals surface area contributed by atoms with Crippen LogP contribution in [-0.2, 0) is 0 Å². The average Bonchev–Trinajstić information content (AvgIpc) is 2.90. The maximum absolute atomic E-state index is 13.2. The maximum Gasteiger partial charge on any atom is 0.290 e. The Morgan fingerprint density at radius 1 is 1.08 bits per heavy atom. The molecule has 4 heteroatoms. The zero-order chi connectivity index (χ0) is 17.6. The van der Waals surface area contributed by atoms with Crippen LogP contribution in [0.4, 0.5) is 0 Å². The third-order valence-electron chi connectivity index (χ3n) is 4.70. The second-order valence-corrected chi connectivity index (χ2v) is 6.49. The van der Waals surface area contributed by atoms with Crippen LogP contribution in [0.5, 0.6) is 0 Å². The summed E-state index contributed by atoms with van der Waals surface area (Å²) in [7, 11) is 0. The van der Waals surface area contributed by atoms with Gasteiger partial charge < -0.3 is 9.32 Å². The zero-order valence-electron chi connectivity index (χ0n) is 14.3. The van der Waals surface area contributed by atoms with Crippen LogP contribution in [0.25, 0.3) is 11.0 Å². The summed E-state index contributed by atoms with van der Waals surface area (Å²) in [5, 5.41) is 0.533. The minimum atomic E-state index is -0.384. The fourth-order valence-corrected chi connectivity index (χ4v) is 3.59. The van der Waals surface area contributed by atoms with E-state index in [1.54, 1.807) is 11.0 Å². The molecule has 4 nitrogen and oxygen atoms in total. The van der Waals surface area contributed by atoms with E-state index in [1.807, 2.05) is 56.3 Å². The number of rotatable bonds is 3. The van der Waals surface area contributed by atoms with Crippen molar-refractivity contribution < 1.29 is 9.21 Å². The number of amides is 1. The molecule has 0 saturated carbocycles. The lowest BCUT2D eigenvalue weighted by Gasteiger charge is -2.24. The summed E-state index contributed by atoms with van der Waals surface area (Å²) >= 11 is 0. The third-order valence-corrected chi connectivity index (χ3v) is 4.70. The first kappa shape index (κ1) is 15.6. The summed E-state index contributed by atoms with van der Waals surface area (Å²) in [5.74, 6) is -0.0195. The summed E-state index contributed by atoms with van der Waals surface area (Å²) < 4.78 is 5.89. The maximum atomic E-state index is 13.2. The molecule has 1 aliphatic heterocycles. The van der Waals surface area contributed by atoms with Crippen molar-refractivity contribution in [3.8, 4) is 0 Å². The largest absolute Gasteiger partial charge is 0.450 e. The number of nitrogens with zero attached hydrogens (tertiary/aromatic N) is 1. The van der Waals surface area contributed by atoms with Crippen LogP contribution in [0.2, 0.25) is 0 Å². The Morgan fingerprint density at radius 2 is 1.84 bits per heavy atom. The number of fused-ring (bicyclic) bond motifs is 2. The van der Waals surface area contributed by atoms with Gasteiger partial charge in [0.05, 0.1) is 17.0 Å². The molecule has 0 bridgehead atoms. The fourth-order valence-electron chi connectivity index (χ4n) is 3.59. The summed E-state index contributed by atoms with van der Waals surface area (Å²) in [5.41, 5.74) is 2.74. The molecule has 4 rings (SSSR count). The van der Waals surface area contributed by atoms with Crippen LogP contribution in [0.15, 0.2) is 57.7 Å². The minimum absolute atomic E-state index is 0.110. The number of hydrogen-bond acceptors (Lipinski definition) is 3. The Bertz CT molecular complexity index is 1020. The van der Waals surface area contributed by atoms with Crippen LogP contribution in [0, 0.1) is 6.92 Å². The van der Waals surface area contributed by atoms with Gasteiger partial charge in [-0.1, -0.05) is 48.9 Å². The highest BCUT2D eigenvalue weighted by molar-refractivity contribution is 5.99. The molecular formula is C21H19NO3. The van der Waals surface area contributed by atoms with E-state index in [0.29, 0.717) is 23.1 Å². The number of aryl methyl sites for hydroxylation is 1. The highest BCUT2D eigenvalue weighted by Gasteiger charge is 2.42. The van der Waals surface area contributed by atoms with Gasteiger partial charge in [0.2, 0.25) is 5.76 Å². The lowest BCUT2D eigenvalue weighted by Crippen LogP contribution is -2.30. The number of benzene rings is 2. The quantitative estimate of drug-likeness (QED) is 0.726. The molecule has 0 radical (unpaired) electrons. The van der Waals surface area contributed by atoms with Gasteiger partial charge in [-0.15, -0.1) is 0 Å². The molecule has 0 saturated heterocycles. The number of carbonyl (C=O) groups is 1. The third kappa shape index (κ3) is 2.37. The molecule has 0 unspecified atom stereocenters. The van der Waals surface area contributed by atoms with Crippen molar-refractivity contribution in [1.82, 2.24) is 4.90 Å². The van der Waals surface area contributed by atoms with Crippen molar-refractivity contribution in [3.63, 3.8) is 0 Å². The second-order valence-electron chi connectivity index (χ2n) is 6.49. The Hall–Kier alpha value is -2.88. The molecule has 0 fully saturated rings. The van der Waals surface area contributed by atoms with Gasteiger partial charge in [-0.25, -0.2) is 0 Å². The molecule has 0 N–H and O–H groups in total. The van der Waals surface area contributed by atoms with Gasteiger partial charge in [0, 0.05) is 6.54 Å². The molecule has 2 aromatic carbocycles. The van der Waals surface area contributed by atoms with Gasteiger partial charge in [0.25, 0.3) is 5.91 Å². The van der Waals surface area contributed by atoms with Crippen molar-refractivity contribution >= 4 is 16.9 Å². The van der Waals surface area contributed by atoms with E-state index in [2.05, 4.69) is 0 Å². The second kappa shape index (κ2) is 5.88. The summed E-state index contributed by atoms with van der Waals surface area (Å²) in [4.78, 5) is 27.9. The van der Waals surface area contributed by atoms with Gasteiger partial charge in [-0.05, 0) is 31.0 Å². The van der Waals surface area contributed by atoms with Gasteiger partial charge in [0.1, 0.15) is 5.58 Å². The van der Waals surface area contributed by atoms with Crippen LogP contribution in [0.1, 0.15) is 46.6 Å². The van der Waals surface area contributed by atoms with E-state index >= 15 is 0 Å². The predicted octanol–water partition coefficient (Wildman–Crippen LogP) is 4.06. The molecular weight excluding hydrogens is 314 g/mol. The first-order valence-electron chi connectivity index (χ1n) is 8.55. The lowest BCUT2D eigenvalue weighted by molar-refractivity contribution is 0.0728. The van der Waals surface area contributed by atoms with Crippen molar-refractivity contribution in [3.05, 3.63) is 81.2 Å². The van der Waals surface area contributed by atoms with Crippen LogP contribution < -0.4 is 5.43 Å². The predicted molar refractivity (Wildman–Crippen MR) is 96.8 cm³/mol. The highest BCUT2D eigenvalue weighted by atomic mass is 16.3. The molecule has 126 valence electrons. The molecule has 1 amide bonds. The van der Waals surface area contributed by atoms with E-state index in [-0.39, 0.29) is 23.1 Å². The minimum Gasteiger partial charge on any atom is -0.450 e. The van der Waals surface area contributed by atoms with Crippen LogP contribution in [0.3, 0.4) is 0 Å². The summed E-state index contributed by atoms with van der Waals surface area (Å²) in [6, 6.07) is 14.8. The molecule has 0 aliphatic carbocycles. The fraction of sp³-hybridized carbons (Fsp3) is 0.238. The molecule has 0 spiro atoms. The average molecular weight is 333 g/mol. The topological polar surface area (TPSA) is 50.5 Å². The Labute approximate surface area is 145 Å². The van der Waals surface area contributed by atoms with E-state index in [9.17, 15) is 9.59 Å². The Kier molecular flexibility index (Phi) is 3.68. The molecule has 1 atom stereocenters. The van der Waals surface area contributed by atoms with Crippen molar-refractivity contribution in [1.29, 1.82) is 0 Å². The van der Waals surface area contributed by atoms with Crippen molar-refractivity contribution in [2.45, 2.75) is 26.3 Å². The van der Waals surface area contributed by atoms with E-state index in [1.165, 1.54) is 0 Å². The first-order chi connectivity index (χ1) is 12.1. The Balaban J connectivity index is 2.03. The van der Waals surface area contributed by atoms with Gasteiger partial charge >= 0.3 is 0 Å². The normalized spacial score (nSPS) is 16.5. The lowest BCUT2D eigenvalue weighted by atomic mass is 9.98. The molecule has 25 heavy (non-hydrogen) atoms. The van der Waals surface area contributed by atoms with E-state index in [0.717, 1.165) is 17.5 Å². The molecule has 1 aliphatic rings. The number of carbonyl (C=O) groups excluding carboxylic acids is 1. The molecule has 3 aromatic rings. The van der Waals surface area contributed by atoms with E-state index < -0.39 is 0 Å². The summed E-state index contributed by atoms with van der Waals surface area (Å²) in [6.07, 6.45) is 0.815. The van der Waals surface area contributed by atoms with Crippen LogP contribution in [-0.4, -0.2) is 17.4 Å². The van der Waals surface area contributed by atoms with Gasteiger partial charge in [-0.3, -0.25) is 9.59 Å². The monoisotopic (exact) mass is 333 g/mol. The highest BCUT2D eigenvalue weighted by Crippen LogP contribution is 2.38. The SMILES string of the molecule is CCCN1C(=O)c2oc3ccc(C)cc3c(=O)c2[C@@H]1c1ccccc1. The zero-order valence-corrected chi connectivity index (χ0v) is 14.3. The first-order valence-corrected chi connectivity index (χ1v) is 8.55. The number of hydrogen-bond donors (Lipinski definition) is 0. The molecule has 1 aromatic heterocycles. The smallest absolute Gasteiger partial charge is 0.290 e. The van der Waals surface area contributed by atoms with Gasteiger partial charge in [-0.2, -0.15) is 0 Å². The summed E-state index contributed by atoms with van der Waals surface area (Å²) in [6.45, 7) is 4.54. The van der Waals surface area contributed by atoms with Crippen molar-refractivity contribution in [2.75, 3.05) is 6.54 Å². The van der Waals surface area contributed by atoms with Crippen LogP contribution >= 0.6 is 0 Å². The van der Waals surface area contributed by atoms with E-state index in [4.69, 9.17) is 4.42 Å².